The topological polar surface area (TPSA) is 29.9 Å². The lowest BCUT2D eigenvalue weighted by atomic mass is 10.2. The van der Waals surface area contributed by atoms with Gasteiger partial charge in [-0.3, -0.25) is 0 Å². The standard InChI is InChI=1S/C13H16ClN3/c1-17-8-7-16-13(17)5-6-15-10-11-3-2-4-12(14)9-11/h2-4,7-9,15H,5-6,10H2,1H3. The number of nitrogens with zero attached hydrogens (tertiary/aromatic N) is 2. The first-order valence-electron chi connectivity index (χ1n) is 5.67. The third kappa shape index (κ3) is 3.58. The Hall–Kier alpha value is -1.32. The Labute approximate surface area is 106 Å². The SMILES string of the molecule is Cn1ccnc1CCNCc1cccc(Cl)c1. The average molecular weight is 250 g/mol. The van der Waals surface area contributed by atoms with Crippen LogP contribution < -0.4 is 5.32 Å². The van der Waals surface area contributed by atoms with E-state index in [-0.39, 0.29) is 0 Å². The molecule has 0 saturated carbocycles. The van der Waals surface area contributed by atoms with Gasteiger partial charge in [0.05, 0.1) is 0 Å². The smallest absolute Gasteiger partial charge is 0.109 e. The lowest BCUT2D eigenvalue weighted by Gasteiger charge is -2.05. The molecule has 1 N–H and O–H groups in total. The number of aromatic nitrogens is 2. The van der Waals surface area contributed by atoms with Crippen LogP contribution in [0.3, 0.4) is 0 Å². The van der Waals surface area contributed by atoms with E-state index in [1.807, 2.05) is 42.2 Å². The van der Waals surface area contributed by atoms with Gasteiger partial charge in [-0.25, -0.2) is 4.98 Å². The Morgan fingerprint density at radius 2 is 2.29 bits per heavy atom. The van der Waals surface area contributed by atoms with Gasteiger partial charge in [0.2, 0.25) is 0 Å². The third-order valence-electron chi connectivity index (χ3n) is 2.66. The van der Waals surface area contributed by atoms with E-state index < -0.39 is 0 Å². The van der Waals surface area contributed by atoms with Crippen molar-refractivity contribution in [2.24, 2.45) is 7.05 Å². The zero-order valence-corrected chi connectivity index (χ0v) is 10.6. The van der Waals surface area contributed by atoms with Gasteiger partial charge in [-0.2, -0.15) is 0 Å². The average Bonchev–Trinajstić information content (AvgIpc) is 2.71. The summed E-state index contributed by atoms with van der Waals surface area (Å²) in [6.45, 7) is 1.75. The molecule has 0 aliphatic rings. The van der Waals surface area contributed by atoms with Gasteiger partial charge in [-0.15, -0.1) is 0 Å². The predicted molar refractivity (Wildman–Crippen MR) is 70.1 cm³/mol. The number of hydrogen-bond acceptors (Lipinski definition) is 2. The zero-order chi connectivity index (χ0) is 12.1. The first-order chi connectivity index (χ1) is 8.25. The van der Waals surface area contributed by atoms with Crippen LogP contribution in [0.15, 0.2) is 36.7 Å². The molecule has 2 rings (SSSR count). The number of halogens is 1. The minimum absolute atomic E-state index is 0.786. The molecular weight excluding hydrogens is 234 g/mol. The fourth-order valence-corrected chi connectivity index (χ4v) is 1.93. The lowest BCUT2D eigenvalue weighted by Crippen LogP contribution is -2.18. The first kappa shape index (κ1) is 12.1. The van der Waals surface area contributed by atoms with Crippen LogP contribution in [0.1, 0.15) is 11.4 Å². The van der Waals surface area contributed by atoms with E-state index in [4.69, 9.17) is 11.6 Å². The van der Waals surface area contributed by atoms with Crippen molar-refractivity contribution in [2.75, 3.05) is 6.54 Å². The van der Waals surface area contributed by atoms with Gasteiger partial charge >= 0.3 is 0 Å². The normalized spacial score (nSPS) is 10.7. The molecule has 17 heavy (non-hydrogen) atoms. The highest BCUT2D eigenvalue weighted by atomic mass is 35.5. The number of benzene rings is 1. The summed E-state index contributed by atoms with van der Waals surface area (Å²) >= 11 is 5.92. The maximum Gasteiger partial charge on any atom is 0.109 e. The van der Waals surface area contributed by atoms with Crippen molar-refractivity contribution >= 4 is 11.6 Å². The van der Waals surface area contributed by atoms with Gasteiger partial charge in [0.15, 0.2) is 0 Å². The van der Waals surface area contributed by atoms with Gasteiger partial charge in [0, 0.05) is 44.0 Å². The van der Waals surface area contributed by atoms with E-state index in [9.17, 15) is 0 Å². The van der Waals surface area contributed by atoms with Crippen LogP contribution in [0.2, 0.25) is 5.02 Å². The summed E-state index contributed by atoms with van der Waals surface area (Å²) in [5.74, 6) is 1.10. The summed E-state index contributed by atoms with van der Waals surface area (Å²) in [7, 11) is 2.01. The zero-order valence-electron chi connectivity index (χ0n) is 9.86. The molecule has 2 aromatic rings. The molecule has 0 spiro atoms. The molecule has 3 nitrogen and oxygen atoms in total. The highest BCUT2D eigenvalue weighted by molar-refractivity contribution is 6.30. The summed E-state index contributed by atoms with van der Waals surface area (Å²) in [5, 5.41) is 4.17. The Bertz CT molecular complexity index is 479. The molecule has 0 unspecified atom stereocenters. The minimum atomic E-state index is 0.786. The Morgan fingerprint density at radius 3 is 3.00 bits per heavy atom. The summed E-state index contributed by atoms with van der Waals surface area (Å²) in [6.07, 6.45) is 4.72. The van der Waals surface area contributed by atoms with Crippen LogP contribution >= 0.6 is 11.6 Å². The molecule has 0 bridgehead atoms. The molecule has 1 aromatic heterocycles. The van der Waals surface area contributed by atoms with Gasteiger partial charge < -0.3 is 9.88 Å². The lowest BCUT2D eigenvalue weighted by molar-refractivity contribution is 0.655. The second-order valence-corrected chi connectivity index (χ2v) is 4.45. The second kappa shape index (κ2) is 5.84. The van der Waals surface area contributed by atoms with Crippen LogP contribution in [0, 0.1) is 0 Å². The van der Waals surface area contributed by atoms with Crippen LogP contribution in [0.25, 0.3) is 0 Å². The number of aryl methyl sites for hydroxylation is 1. The summed E-state index contributed by atoms with van der Waals surface area (Å²) < 4.78 is 2.04. The molecule has 0 fully saturated rings. The van der Waals surface area contributed by atoms with E-state index >= 15 is 0 Å². The van der Waals surface area contributed by atoms with Crippen molar-refractivity contribution in [1.29, 1.82) is 0 Å². The number of nitrogens with one attached hydrogen (secondary N) is 1. The van der Waals surface area contributed by atoms with Gasteiger partial charge in [0.25, 0.3) is 0 Å². The maximum absolute atomic E-state index is 5.92. The molecule has 0 saturated heterocycles. The molecule has 0 radical (unpaired) electrons. The van der Waals surface area contributed by atoms with E-state index in [1.54, 1.807) is 0 Å². The van der Waals surface area contributed by atoms with Crippen LogP contribution in [-0.4, -0.2) is 16.1 Å². The summed E-state index contributed by atoms with van der Waals surface area (Å²) in [5.41, 5.74) is 1.21. The monoisotopic (exact) mass is 249 g/mol. The number of imidazole rings is 1. The van der Waals surface area contributed by atoms with E-state index in [2.05, 4.69) is 16.4 Å². The fraction of sp³-hybridized carbons (Fsp3) is 0.308. The second-order valence-electron chi connectivity index (χ2n) is 4.01. The van der Waals surface area contributed by atoms with Gasteiger partial charge in [-0.05, 0) is 17.7 Å². The Morgan fingerprint density at radius 1 is 1.41 bits per heavy atom. The van der Waals surface area contributed by atoms with Crippen LogP contribution in [0.5, 0.6) is 0 Å². The van der Waals surface area contributed by atoms with Crippen LogP contribution in [0.4, 0.5) is 0 Å². The van der Waals surface area contributed by atoms with Gasteiger partial charge in [0.1, 0.15) is 5.82 Å². The summed E-state index contributed by atoms with van der Waals surface area (Å²) in [4.78, 5) is 4.28. The quantitative estimate of drug-likeness (QED) is 0.825. The van der Waals surface area contributed by atoms with Gasteiger partial charge in [-0.1, -0.05) is 23.7 Å². The van der Waals surface area contributed by atoms with Crippen molar-refractivity contribution in [3.8, 4) is 0 Å². The molecule has 0 amide bonds. The van der Waals surface area contributed by atoms with Crippen molar-refractivity contribution < 1.29 is 0 Å². The van der Waals surface area contributed by atoms with Crippen LogP contribution in [-0.2, 0) is 20.0 Å². The molecule has 0 aliphatic carbocycles. The molecule has 0 aliphatic heterocycles. The molecule has 1 aromatic carbocycles. The van der Waals surface area contributed by atoms with E-state index in [1.165, 1.54) is 5.56 Å². The largest absolute Gasteiger partial charge is 0.338 e. The highest BCUT2D eigenvalue weighted by Crippen LogP contribution is 2.10. The Kier molecular flexibility index (Phi) is 4.18. The third-order valence-corrected chi connectivity index (χ3v) is 2.90. The van der Waals surface area contributed by atoms with Crippen molar-refractivity contribution in [1.82, 2.24) is 14.9 Å². The molecular formula is C13H16ClN3. The summed E-state index contributed by atoms with van der Waals surface area (Å²) in [6, 6.07) is 7.91. The van der Waals surface area contributed by atoms with Crippen molar-refractivity contribution in [2.45, 2.75) is 13.0 Å². The van der Waals surface area contributed by atoms with Crippen molar-refractivity contribution in [3.63, 3.8) is 0 Å². The minimum Gasteiger partial charge on any atom is -0.338 e. The van der Waals surface area contributed by atoms with E-state index in [0.717, 1.165) is 30.4 Å². The molecule has 0 atom stereocenters. The number of hydrogen-bond donors (Lipinski definition) is 1. The van der Waals surface area contributed by atoms with E-state index in [0.29, 0.717) is 0 Å². The molecule has 90 valence electrons. The number of rotatable bonds is 5. The first-order valence-corrected chi connectivity index (χ1v) is 6.05. The molecule has 4 heteroatoms. The fourth-order valence-electron chi connectivity index (χ4n) is 1.72. The Balaban J connectivity index is 1.75. The highest BCUT2D eigenvalue weighted by Gasteiger charge is 1.98. The predicted octanol–water partition coefficient (Wildman–Crippen LogP) is 2.41. The maximum atomic E-state index is 5.92. The van der Waals surface area contributed by atoms with Crippen molar-refractivity contribution in [3.05, 3.63) is 53.1 Å². The molecule has 1 heterocycles.